The zero-order chi connectivity index (χ0) is 85.8. The molecule has 0 saturated heterocycles. The highest BCUT2D eigenvalue weighted by atomic mass is 19.1. The Kier molecular flexibility index (Phi) is 45.7. The number of hydrogen-bond acceptors (Lipinski definition) is 0. The Labute approximate surface area is 743 Å². The molecule has 0 nitrogen and oxygen atoms in total. The molecule has 6 aromatic carbocycles. The second-order valence-electron chi connectivity index (χ2n) is 39.7. The van der Waals surface area contributed by atoms with Gasteiger partial charge in [0.2, 0.25) is 0 Å². The highest BCUT2D eigenvalue weighted by Gasteiger charge is 2.35. The van der Waals surface area contributed by atoms with Crippen LogP contribution in [0.5, 0.6) is 0 Å². The number of benzene rings is 6. The van der Waals surface area contributed by atoms with E-state index < -0.39 is 0 Å². The van der Waals surface area contributed by atoms with E-state index in [0.717, 1.165) is 167 Å². The fraction of sp³-hybridized carbons (Fsp3) is 0.613. The fourth-order valence-electron chi connectivity index (χ4n) is 23.4. The van der Waals surface area contributed by atoms with Crippen molar-refractivity contribution in [2.75, 3.05) is 0 Å². The molecular weight excluding hydrogens is 1470 g/mol. The maximum absolute atomic E-state index is 14.6. The first-order valence-electron chi connectivity index (χ1n) is 51.3. The number of rotatable bonds is 30. The van der Waals surface area contributed by atoms with Crippen LogP contribution in [0.4, 0.5) is 8.78 Å². The number of unbranched alkanes of at least 4 members (excludes halogenated alkanes) is 3. The average molecular weight is 1640 g/mol. The van der Waals surface area contributed by atoms with Crippen LogP contribution in [0.3, 0.4) is 0 Å². The lowest BCUT2D eigenvalue weighted by Crippen LogP contribution is -2.25. The first kappa shape index (κ1) is 98.7. The molecule has 2 heteroatoms. The smallest absolute Gasteiger partial charge is 0.131 e. The first-order chi connectivity index (χ1) is 59.2. The second kappa shape index (κ2) is 56.1. The summed E-state index contributed by atoms with van der Waals surface area (Å²) in [5.41, 5.74) is 12.2. The predicted octanol–water partition coefficient (Wildman–Crippen LogP) is 37.4. The van der Waals surface area contributed by atoms with Crippen LogP contribution in [-0.4, -0.2) is 0 Å². The summed E-state index contributed by atoms with van der Waals surface area (Å²) in [6.07, 6.45) is 83.3. The molecule has 8 saturated carbocycles. The highest BCUT2D eigenvalue weighted by molar-refractivity contribution is 5.73. The van der Waals surface area contributed by atoms with Gasteiger partial charge in [-0.3, -0.25) is 0 Å². The summed E-state index contributed by atoms with van der Waals surface area (Å²) < 4.78 is 29.3. The van der Waals surface area contributed by atoms with E-state index in [-0.39, 0.29) is 11.6 Å². The quantitative estimate of drug-likeness (QED) is 0.0311. The van der Waals surface area contributed by atoms with Gasteiger partial charge in [0.1, 0.15) is 11.6 Å². The van der Waals surface area contributed by atoms with Crippen molar-refractivity contribution in [3.63, 3.8) is 0 Å². The molecule has 664 valence electrons. The van der Waals surface area contributed by atoms with Crippen molar-refractivity contribution in [3.8, 4) is 44.5 Å². The van der Waals surface area contributed by atoms with Crippen LogP contribution in [0.15, 0.2) is 196 Å². The van der Waals surface area contributed by atoms with Crippen molar-refractivity contribution in [2.45, 2.75) is 370 Å². The van der Waals surface area contributed by atoms with Gasteiger partial charge in [-0.15, -0.1) is 26.3 Å². The average Bonchev–Trinajstić information content (AvgIpc) is 0.813. The third kappa shape index (κ3) is 33.3. The number of aryl methyl sites for hydroxylation is 4. The Morgan fingerprint density at radius 3 is 0.835 bits per heavy atom. The molecule has 121 heavy (non-hydrogen) atoms. The van der Waals surface area contributed by atoms with Gasteiger partial charge in [0.25, 0.3) is 0 Å². The summed E-state index contributed by atoms with van der Waals surface area (Å²) in [4.78, 5) is 0. The standard InChI is InChI=1S/C24H23F.C23H23F.C19H34.2C18H32.C17H30/c1-3-5-6-19-9-11-20(12-10-19)22-15-16-23(24(25)17-22)21-13-7-18(4-2)8-14-21;1-3-5-18-8-12-20(13-9-18)22-15-14-21(16-23(22)24)19-10-6-17(4-2)7-11-19;1-3-5-6-7-17-10-14-19(15-11-17)18-12-8-16(4-2)9-13-18;1-3-5-6-16-9-13-18(14-10-16)17-11-7-15(4-2)8-12-17;1-3-5-15-7-11-17(12-8-15)18-13-9-16(6-4-2)10-14-18;1-3-5-15-8-12-17(13-9-15)16-10-6-14(4-2)7-11-16/h3,7-17H,1,4-6H2,2H3;6-16H,3-5H2,1-2H3;4,16-19H,2-3,5-15H2,1H3;4,15-18H,2-3,5-14H2,1H3;3,5,15-18H,4,6-14H2,1-2H3;4,14-17H,2-3,5-13H2,1H3/b;;;;5-3+;. The van der Waals surface area contributed by atoms with E-state index >= 15 is 0 Å². The van der Waals surface area contributed by atoms with Gasteiger partial charge in [-0.25, -0.2) is 8.78 Å². The Balaban J connectivity index is 0.000000166. The van der Waals surface area contributed by atoms with E-state index in [0.29, 0.717) is 11.1 Å². The zero-order valence-corrected chi connectivity index (χ0v) is 78.6. The molecule has 8 aliphatic carbocycles. The Morgan fingerprint density at radius 1 is 0.273 bits per heavy atom. The van der Waals surface area contributed by atoms with Crippen molar-refractivity contribution < 1.29 is 8.78 Å². The minimum Gasteiger partial charge on any atom is -0.206 e. The summed E-state index contributed by atoms with van der Waals surface area (Å²) in [5.74, 6) is 15.9. The normalized spacial score (nSPS) is 26.7. The number of halogens is 2. The van der Waals surface area contributed by atoms with Crippen molar-refractivity contribution in [3.05, 3.63) is 230 Å². The molecule has 0 aromatic heterocycles. The van der Waals surface area contributed by atoms with Crippen LogP contribution >= 0.6 is 0 Å². The van der Waals surface area contributed by atoms with Gasteiger partial charge in [-0.1, -0.05) is 335 Å². The third-order valence-corrected chi connectivity index (χ3v) is 31.6. The van der Waals surface area contributed by atoms with Gasteiger partial charge < -0.3 is 0 Å². The molecule has 0 spiro atoms. The summed E-state index contributed by atoms with van der Waals surface area (Å²) in [5, 5.41) is 0. The maximum Gasteiger partial charge on any atom is 0.131 e. The fourth-order valence-corrected chi connectivity index (χ4v) is 23.4. The molecule has 8 fully saturated rings. The molecule has 0 radical (unpaired) electrons. The molecule has 14 rings (SSSR count). The van der Waals surface area contributed by atoms with Crippen LogP contribution < -0.4 is 0 Å². The molecule has 0 N–H and O–H groups in total. The molecule has 0 unspecified atom stereocenters. The van der Waals surface area contributed by atoms with E-state index in [1.807, 2.05) is 54.6 Å². The maximum atomic E-state index is 14.6. The van der Waals surface area contributed by atoms with E-state index in [1.165, 1.54) is 273 Å². The van der Waals surface area contributed by atoms with Crippen molar-refractivity contribution >= 4 is 0 Å². The van der Waals surface area contributed by atoms with Gasteiger partial charge >= 0.3 is 0 Å². The van der Waals surface area contributed by atoms with Crippen LogP contribution in [0.25, 0.3) is 44.5 Å². The number of allylic oxidation sites excluding steroid dienone is 6. The summed E-state index contributed by atoms with van der Waals surface area (Å²) in [6, 6.07) is 44.0. The predicted molar refractivity (Wildman–Crippen MR) is 528 cm³/mol. The van der Waals surface area contributed by atoms with Crippen molar-refractivity contribution in [2.24, 2.45) is 94.7 Å². The van der Waals surface area contributed by atoms with Crippen molar-refractivity contribution in [1.29, 1.82) is 0 Å². The molecule has 0 atom stereocenters. The topological polar surface area (TPSA) is 0 Å². The van der Waals surface area contributed by atoms with Crippen LogP contribution in [0.2, 0.25) is 0 Å². The van der Waals surface area contributed by atoms with E-state index in [4.69, 9.17) is 0 Å². The van der Waals surface area contributed by atoms with Gasteiger partial charge in [0.05, 0.1) is 0 Å². The molecule has 6 aromatic rings. The van der Waals surface area contributed by atoms with Crippen LogP contribution in [-0.2, 0) is 25.7 Å². The van der Waals surface area contributed by atoms with Crippen LogP contribution in [0.1, 0.15) is 367 Å². The molecule has 0 heterocycles. The Hall–Kier alpha value is -6.12. The van der Waals surface area contributed by atoms with E-state index in [2.05, 4.69) is 185 Å². The highest BCUT2D eigenvalue weighted by Crippen LogP contribution is 2.48. The third-order valence-electron chi connectivity index (χ3n) is 31.6. The SMILES string of the molecule is C/C=C/C1CCC(C2CCC(CCC)CC2)CC1.C=CC1CCC(C2CCC(CCC)CC2)CC1.C=CC1CCC(C2CCC(CCCC)CC2)CC1.C=CC1CCC(C2CCC(CCCCC)CC2)CC1.C=CCCc1ccc(-c2ccc(-c3ccc(CC)cc3)c(F)c2)cc1.CCCc1ccc(-c2ccc(-c3ccc(CC)cc3)cc2F)cc1. The molecule has 0 aliphatic heterocycles. The summed E-state index contributed by atoms with van der Waals surface area (Å²) in [7, 11) is 0. The zero-order valence-electron chi connectivity index (χ0n) is 78.6. The van der Waals surface area contributed by atoms with E-state index in [9.17, 15) is 8.78 Å². The molecule has 8 aliphatic rings. The molecule has 0 bridgehead atoms. The molecular formula is C119H174F2. The first-order valence-corrected chi connectivity index (χ1v) is 51.3. The van der Waals surface area contributed by atoms with Gasteiger partial charge in [-0.05, 0) is 356 Å². The monoisotopic (exact) mass is 1640 g/mol. The Bertz CT molecular complexity index is 3760. The Morgan fingerprint density at radius 2 is 0.554 bits per heavy atom. The van der Waals surface area contributed by atoms with Gasteiger partial charge in [0, 0.05) is 11.1 Å². The van der Waals surface area contributed by atoms with E-state index in [1.54, 1.807) is 37.8 Å². The summed E-state index contributed by atoms with van der Waals surface area (Å²) in [6.45, 7) is 33.5. The lowest BCUT2D eigenvalue weighted by Gasteiger charge is -2.37. The van der Waals surface area contributed by atoms with Crippen molar-refractivity contribution in [1.82, 2.24) is 0 Å². The lowest BCUT2D eigenvalue weighted by molar-refractivity contribution is 0.151. The largest absolute Gasteiger partial charge is 0.206 e. The lowest BCUT2D eigenvalue weighted by atomic mass is 9.68. The van der Waals surface area contributed by atoms with Gasteiger partial charge in [-0.2, -0.15) is 0 Å². The second-order valence-corrected chi connectivity index (χ2v) is 39.7. The minimum atomic E-state index is -0.183. The van der Waals surface area contributed by atoms with Gasteiger partial charge in [0.15, 0.2) is 0 Å². The minimum absolute atomic E-state index is 0.171. The van der Waals surface area contributed by atoms with Crippen LogP contribution in [0, 0.1) is 106 Å². The summed E-state index contributed by atoms with van der Waals surface area (Å²) >= 11 is 0. The molecule has 0 amide bonds. The number of hydrogen-bond donors (Lipinski definition) is 0.